The Kier molecular flexibility index (Phi) is 5.15. The molecule has 0 fully saturated rings. The molecular weight excluding hydrogens is 260 g/mol. The molecule has 110 valence electrons. The summed E-state index contributed by atoms with van der Waals surface area (Å²) in [6.45, 7) is 6.32. The van der Waals surface area contributed by atoms with Gasteiger partial charge >= 0.3 is 0 Å². The van der Waals surface area contributed by atoms with Crippen molar-refractivity contribution in [3.05, 3.63) is 64.7 Å². The Balaban J connectivity index is 2.28. The SMILES string of the molecule is CCc1cc(C(C)=O)c(CC)cc1OCc1ccccc1. The Bertz CT molecular complexity index is 615. The van der Waals surface area contributed by atoms with Crippen LogP contribution in [0.4, 0.5) is 0 Å². The molecule has 2 aromatic carbocycles. The normalized spacial score (nSPS) is 10.4. The molecule has 0 aliphatic heterocycles. The van der Waals surface area contributed by atoms with E-state index in [9.17, 15) is 4.79 Å². The van der Waals surface area contributed by atoms with Gasteiger partial charge in [0.2, 0.25) is 0 Å². The molecule has 2 aromatic rings. The number of hydrogen-bond acceptors (Lipinski definition) is 2. The number of hydrogen-bond donors (Lipinski definition) is 0. The zero-order valence-corrected chi connectivity index (χ0v) is 13.0. The summed E-state index contributed by atoms with van der Waals surface area (Å²) in [6.07, 6.45) is 1.69. The van der Waals surface area contributed by atoms with Crippen LogP contribution in [0.25, 0.3) is 0 Å². The second-order valence-corrected chi connectivity index (χ2v) is 5.15. The van der Waals surface area contributed by atoms with Crippen molar-refractivity contribution in [2.24, 2.45) is 0 Å². The minimum Gasteiger partial charge on any atom is -0.489 e. The van der Waals surface area contributed by atoms with Crippen LogP contribution in [0.2, 0.25) is 0 Å². The highest BCUT2D eigenvalue weighted by molar-refractivity contribution is 5.96. The van der Waals surface area contributed by atoms with Gasteiger partial charge in [0.15, 0.2) is 5.78 Å². The summed E-state index contributed by atoms with van der Waals surface area (Å²) in [6, 6.07) is 14.1. The first-order valence-corrected chi connectivity index (χ1v) is 7.49. The third-order valence-corrected chi connectivity index (χ3v) is 3.66. The van der Waals surface area contributed by atoms with Gasteiger partial charge in [0.1, 0.15) is 12.4 Å². The highest BCUT2D eigenvalue weighted by Crippen LogP contribution is 2.26. The van der Waals surface area contributed by atoms with E-state index in [-0.39, 0.29) is 5.78 Å². The largest absolute Gasteiger partial charge is 0.489 e. The molecule has 0 saturated carbocycles. The molecule has 0 amide bonds. The fourth-order valence-corrected chi connectivity index (χ4v) is 2.43. The van der Waals surface area contributed by atoms with Gasteiger partial charge in [-0.1, -0.05) is 44.2 Å². The number of Topliss-reactive ketones (excluding diaryl/α,β-unsaturated/α-hetero) is 1. The molecule has 0 bridgehead atoms. The van der Waals surface area contributed by atoms with Gasteiger partial charge in [-0.3, -0.25) is 4.79 Å². The van der Waals surface area contributed by atoms with Gasteiger partial charge in [-0.25, -0.2) is 0 Å². The topological polar surface area (TPSA) is 26.3 Å². The molecule has 0 radical (unpaired) electrons. The van der Waals surface area contributed by atoms with Gasteiger partial charge in [0, 0.05) is 5.56 Å². The van der Waals surface area contributed by atoms with Crippen LogP contribution in [-0.4, -0.2) is 5.78 Å². The molecular formula is C19H22O2. The fraction of sp³-hybridized carbons (Fsp3) is 0.316. The number of carbonyl (C=O) groups excluding carboxylic acids is 1. The quantitative estimate of drug-likeness (QED) is 0.724. The van der Waals surface area contributed by atoms with E-state index in [1.54, 1.807) is 6.92 Å². The van der Waals surface area contributed by atoms with E-state index in [2.05, 4.69) is 26.0 Å². The van der Waals surface area contributed by atoms with Crippen LogP contribution >= 0.6 is 0 Å². The number of carbonyl (C=O) groups is 1. The van der Waals surface area contributed by atoms with E-state index in [1.165, 1.54) is 0 Å². The summed E-state index contributed by atoms with van der Waals surface area (Å²) in [4.78, 5) is 11.7. The molecule has 0 aliphatic rings. The van der Waals surface area contributed by atoms with Crippen LogP contribution in [0.5, 0.6) is 5.75 Å². The predicted octanol–water partition coefficient (Wildman–Crippen LogP) is 4.59. The highest BCUT2D eigenvalue weighted by Gasteiger charge is 2.12. The van der Waals surface area contributed by atoms with Gasteiger partial charge in [0.25, 0.3) is 0 Å². The molecule has 0 aliphatic carbocycles. The first-order valence-electron chi connectivity index (χ1n) is 7.49. The van der Waals surface area contributed by atoms with E-state index in [1.807, 2.05) is 30.3 Å². The number of rotatable bonds is 6. The monoisotopic (exact) mass is 282 g/mol. The summed E-state index contributed by atoms with van der Waals surface area (Å²) < 4.78 is 5.98. The number of benzene rings is 2. The molecule has 2 rings (SSSR count). The van der Waals surface area contributed by atoms with Crippen LogP contribution in [-0.2, 0) is 19.4 Å². The smallest absolute Gasteiger partial charge is 0.160 e. The van der Waals surface area contributed by atoms with E-state index in [0.717, 1.165) is 40.8 Å². The van der Waals surface area contributed by atoms with Crippen LogP contribution in [0.3, 0.4) is 0 Å². The fourth-order valence-electron chi connectivity index (χ4n) is 2.43. The van der Waals surface area contributed by atoms with Crippen LogP contribution in [0.15, 0.2) is 42.5 Å². The Morgan fingerprint density at radius 3 is 2.24 bits per heavy atom. The minimum absolute atomic E-state index is 0.121. The van der Waals surface area contributed by atoms with Crippen molar-refractivity contribution < 1.29 is 9.53 Å². The molecule has 0 spiro atoms. The van der Waals surface area contributed by atoms with E-state index in [4.69, 9.17) is 4.74 Å². The van der Waals surface area contributed by atoms with Gasteiger partial charge in [-0.2, -0.15) is 0 Å². The maximum atomic E-state index is 11.7. The van der Waals surface area contributed by atoms with Crippen LogP contribution in [0, 0.1) is 0 Å². The van der Waals surface area contributed by atoms with E-state index < -0.39 is 0 Å². The molecule has 0 unspecified atom stereocenters. The van der Waals surface area contributed by atoms with Crippen LogP contribution < -0.4 is 4.74 Å². The Morgan fingerprint density at radius 2 is 1.67 bits per heavy atom. The molecule has 0 N–H and O–H groups in total. The van der Waals surface area contributed by atoms with Crippen molar-refractivity contribution in [1.82, 2.24) is 0 Å². The van der Waals surface area contributed by atoms with Crippen molar-refractivity contribution in [2.75, 3.05) is 0 Å². The van der Waals surface area contributed by atoms with Gasteiger partial charge in [-0.15, -0.1) is 0 Å². The molecule has 0 heterocycles. The molecule has 2 nitrogen and oxygen atoms in total. The molecule has 2 heteroatoms. The molecule has 0 aromatic heterocycles. The zero-order valence-electron chi connectivity index (χ0n) is 13.0. The molecule has 0 atom stereocenters. The summed E-state index contributed by atoms with van der Waals surface area (Å²) in [7, 11) is 0. The van der Waals surface area contributed by atoms with Crippen molar-refractivity contribution >= 4 is 5.78 Å². The highest BCUT2D eigenvalue weighted by atomic mass is 16.5. The average Bonchev–Trinajstić information content (AvgIpc) is 2.52. The average molecular weight is 282 g/mol. The lowest BCUT2D eigenvalue weighted by atomic mass is 9.97. The lowest BCUT2D eigenvalue weighted by Crippen LogP contribution is -2.04. The predicted molar refractivity (Wildman–Crippen MR) is 86.0 cm³/mol. The van der Waals surface area contributed by atoms with Gasteiger partial charge < -0.3 is 4.74 Å². The Hall–Kier alpha value is -2.09. The van der Waals surface area contributed by atoms with Crippen molar-refractivity contribution in [3.63, 3.8) is 0 Å². The lowest BCUT2D eigenvalue weighted by Gasteiger charge is -2.15. The third-order valence-electron chi connectivity index (χ3n) is 3.66. The molecule has 21 heavy (non-hydrogen) atoms. The Labute approximate surface area is 126 Å². The van der Waals surface area contributed by atoms with Gasteiger partial charge in [0.05, 0.1) is 0 Å². The van der Waals surface area contributed by atoms with Gasteiger partial charge in [-0.05, 0) is 48.6 Å². The number of ketones is 1. The second kappa shape index (κ2) is 7.07. The van der Waals surface area contributed by atoms with E-state index in [0.29, 0.717) is 6.61 Å². The summed E-state index contributed by atoms with van der Waals surface area (Å²) in [5.74, 6) is 1.01. The number of aryl methyl sites for hydroxylation is 2. The molecule has 0 saturated heterocycles. The summed E-state index contributed by atoms with van der Waals surface area (Å²) >= 11 is 0. The maximum Gasteiger partial charge on any atom is 0.160 e. The lowest BCUT2D eigenvalue weighted by molar-refractivity contribution is 0.101. The Morgan fingerprint density at radius 1 is 1.00 bits per heavy atom. The van der Waals surface area contributed by atoms with Crippen LogP contribution in [0.1, 0.15) is 47.8 Å². The first kappa shape index (κ1) is 15.3. The first-order chi connectivity index (χ1) is 10.2. The number of ether oxygens (including phenoxy) is 1. The maximum absolute atomic E-state index is 11.7. The third kappa shape index (κ3) is 3.72. The van der Waals surface area contributed by atoms with Crippen molar-refractivity contribution in [1.29, 1.82) is 0 Å². The zero-order chi connectivity index (χ0) is 15.2. The summed E-state index contributed by atoms with van der Waals surface area (Å²) in [5.41, 5.74) is 4.12. The van der Waals surface area contributed by atoms with E-state index >= 15 is 0 Å². The van der Waals surface area contributed by atoms with Crippen molar-refractivity contribution in [2.45, 2.75) is 40.2 Å². The summed E-state index contributed by atoms with van der Waals surface area (Å²) in [5, 5.41) is 0. The van der Waals surface area contributed by atoms with Crippen molar-refractivity contribution in [3.8, 4) is 5.75 Å². The minimum atomic E-state index is 0.121. The second-order valence-electron chi connectivity index (χ2n) is 5.15. The standard InChI is InChI=1S/C19H22O2/c1-4-16-12-19(17(5-2)11-18(16)14(3)20)21-13-15-9-7-6-8-10-15/h6-12H,4-5,13H2,1-3H3.